The number of hydrogen-bond donors (Lipinski definition) is 1. The first-order valence-corrected chi connectivity index (χ1v) is 10.6. The molecule has 0 aromatic carbocycles. The summed E-state index contributed by atoms with van der Waals surface area (Å²) in [5, 5.41) is 0. The van der Waals surface area contributed by atoms with E-state index in [1.54, 1.807) is 0 Å². The van der Waals surface area contributed by atoms with Gasteiger partial charge in [0.25, 0.3) is 0 Å². The van der Waals surface area contributed by atoms with Crippen LogP contribution in [0.25, 0.3) is 0 Å². The Morgan fingerprint density at radius 2 is 0.381 bits per heavy atom. The zero-order chi connectivity index (χ0) is 34.3. The molecule has 2 rings (SSSR count). The van der Waals surface area contributed by atoms with E-state index in [1.165, 1.54) is 0 Å². The topological polar surface area (TPSA) is 57.2 Å². The fourth-order valence-corrected chi connectivity index (χ4v) is 7.34. The molecule has 0 radical (unpaired) electrons. The predicted molar refractivity (Wildman–Crippen MR) is 72.8 cm³/mol. The molecule has 0 unspecified atom stereocenters. The molecule has 30 heteroatoms. The average Bonchev–Trinajstić information content (AvgIpc) is 3.06. The van der Waals surface area contributed by atoms with E-state index in [1.807, 2.05) is 18.1 Å². The second-order valence-corrected chi connectivity index (χ2v) is 10.1. The van der Waals surface area contributed by atoms with Gasteiger partial charge in [-0.2, -0.15) is 0 Å². The van der Waals surface area contributed by atoms with Gasteiger partial charge in [-0.25, -0.2) is 0 Å². The Kier molecular flexibility index (Phi) is 7.19. The van der Waals surface area contributed by atoms with E-state index in [9.17, 15) is 110 Å². The van der Waals surface area contributed by atoms with Crippen LogP contribution in [-0.2, 0) is 18.1 Å². The van der Waals surface area contributed by atoms with E-state index in [0.717, 1.165) is 0 Å². The van der Waals surface area contributed by atoms with Crippen LogP contribution < -0.4 is 0 Å². The van der Waals surface area contributed by atoms with Crippen molar-refractivity contribution in [3.8, 4) is 0 Å². The van der Waals surface area contributed by atoms with Gasteiger partial charge in [-0.15, -0.1) is 0 Å². The second-order valence-electron chi connectivity index (χ2n) is 7.85. The van der Waals surface area contributed by atoms with Gasteiger partial charge in [0.15, 0.2) is 0 Å². The Morgan fingerprint density at radius 1 is 0.286 bits per heavy atom. The third kappa shape index (κ3) is 4.00. The van der Waals surface area contributed by atoms with E-state index < -0.39 is 79.6 Å². The first kappa shape index (κ1) is 36.7. The minimum atomic E-state index is -11.2. The molecule has 0 amide bonds. The Balaban J connectivity index is 3.45. The average molecular weight is 712 g/mol. The van der Waals surface area contributed by atoms with Crippen molar-refractivity contribution in [3.63, 3.8) is 0 Å². The van der Waals surface area contributed by atoms with E-state index >= 15 is 0 Å². The van der Waals surface area contributed by atoms with Crippen LogP contribution in [0.4, 0.5) is 105 Å². The Morgan fingerprint density at radius 3 is 0.452 bits per heavy atom. The molecule has 0 bridgehead atoms. The van der Waals surface area contributed by atoms with Crippen LogP contribution in [0.15, 0.2) is 0 Å². The van der Waals surface area contributed by atoms with Crippen LogP contribution in [0, 0.1) is 0 Å². The van der Waals surface area contributed by atoms with Crippen molar-refractivity contribution in [2.24, 2.45) is 0 Å². The summed E-state index contributed by atoms with van der Waals surface area (Å²) in [5.41, 5.74) is -35.0. The first-order chi connectivity index (χ1) is 17.6. The molecule has 0 aliphatic carbocycles. The number of rotatable bonds is 0. The predicted octanol–water partition coefficient (Wildman–Crippen LogP) is 7.65. The fourth-order valence-electron chi connectivity index (χ4n) is 3.94. The summed E-state index contributed by atoms with van der Waals surface area (Å²) >= 11 is 0. The van der Waals surface area contributed by atoms with Crippen molar-refractivity contribution in [2.75, 3.05) is 0 Å². The molecule has 2 heterocycles. The van der Waals surface area contributed by atoms with E-state index in [2.05, 4.69) is 0 Å². The molecular formula is C12HF24O5P. The summed E-state index contributed by atoms with van der Waals surface area (Å²) in [5.74, 6) is 0. The maximum absolute atomic E-state index is 13.6. The van der Waals surface area contributed by atoms with Gasteiger partial charge < -0.3 is 0 Å². The Labute approximate surface area is 209 Å². The van der Waals surface area contributed by atoms with Gasteiger partial charge in [0, 0.05) is 0 Å². The monoisotopic (exact) mass is 712 g/mol. The van der Waals surface area contributed by atoms with E-state index in [0.29, 0.717) is 0 Å². The number of alkyl halides is 24. The molecule has 0 atom stereocenters. The van der Waals surface area contributed by atoms with Crippen LogP contribution in [0.5, 0.6) is 0 Å². The minimum absolute atomic E-state index is 1.90. The van der Waals surface area contributed by atoms with Gasteiger partial charge in [-0.1, -0.05) is 0 Å². The van der Waals surface area contributed by atoms with Crippen LogP contribution in [0.3, 0.4) is 0 Å². The van der Waals surface area contributed by atoms with E-state index in [-0.39, 0.29) is 0 Å². The van der Waals surface area contributed by atoms with Crippen LogP contribution in [0.1, 0.15) is 0 Å². The zero-order valence-corrected chi connectivity index (χ0v) is 18.5. The SMILES string of the molecule is OP12(OC(C(F)(F)F)(C(F)(F)F)C(C(F)(F)F)(C(F)(F)F)O1)OC(C(F)(F)F)(C(F)(F)F)C(C(F)(F)F)(C(F)(F)F)O2. The van der Waals surface area contributed by atoms with Gasteiger partial charge in [0.05, 0.1) is 0 Å². The molecular weight excluding hydrogens is 711 g/mol. The van der Waals surface area contributed by atoms with Crippen molar-refractivity contribution in [1.29, 1.82) is 0 Å². The van der Waals surface area contributed by atoms with Crippen molar-refractivity contribution >= 4 is 7.74 Å². The molecule has 42 heavy (non-hydrogen) atoms. The van der Waals surface area contributed by atoms with Crippen molar-refractivity contribution in [1.82, 2.24) is 0 Å². The molecule has 2 aliphatic heterocycles. The molecule has 2 fully saturated rings. The van der Waals surface area contributed by atoms with Crippen LogP contribution in [-0.4, -0.2) is 76.7 Å². The summed E-state index contributed by atoms with van der Waals surface area (Å²) < 4.78 is 334. The number of hydrogen-bond acceptors (Lipinski definition) is 5. The van der Waals surface area contributed by atoms with Gasteiger partial charge in [-0.05, 0) is 0 Å². The van der Waals surface area contributed by atoms with Crippen molar-refractivity contribution in [3.05, 3.63) is 0 Å². The zero-order valence-electron chi connectivity index (χ0n) is 17.6. The van der Waals surface area contributed by atoms with Crippen LogP contribution >= 0.6 is 7.74 Å². The van der Waals surface area contributed by atoms with Crippen molar-refractivity contribution < 1.29 is 128 Å². The van der Waals surface area contributed by atoms with Gasteiger partial charge in [-0.3, -0.25) is 0 Å². The summed E-state index contributed by atoms with van der Waals surface area (Å²) in [6, 6.07) is 0. The Bertz CT molecular complexity index is 852. The maximum atomic E-state index is 13.6. The molecule has 0 saturated carbocycles. The number of halogens is 24. The third-order valence-corrected chi connectivity index (χ3v) is 7.66. The van der Waals surface area contributed by atoms with Crippen LogP contribution in [0.2, 0.25) is 0 Å². The third-order valence-electron chi connectivity index (χ3n) is 5.34. The normalized spacial score (nSPS) is 27.1. The van der Waals surface area contributed by atoms with Gasteiger partial charge in [0.1, 0.15) is 0 Å². The molecule has 252 valence electrons. The molecule has 0 aromatic rings. The summed E-state index contributed by atoms with van der Waals surface area (Å²) in [7, 11) is -11.2. The molecule has 0 aromatic heterocycles. The standard InChI is InChI=1S/C12HF24O5P/c13-5(14,15)1(6(16,17)18)2(7(19,20)21,8(22,23)24)39-42(37,38-1)40-3(9(25,26)27,10(28,29)30)4(41-42,11(31,32)33)12(34,35)36/h37H. The van der Waals surface area contributed by atoms with E-state index in [4.69, 9.17) is 0 Å². The molecule has 2 aliphatic rings. The fraction of sp³-hybridized carbons (Fsp3) is 1.00. The summed E-state index contributed by atoms with van der Waals surface area (Å²) in [4.78, 5) is 9.82. The van der Waals surface area contributed by atoms with Crippen molar-refractivity contribution in [2.45, 2.75) is 71.8 Å². The first-order valence-electron chi connectivity index (χ1n) is 8.78. The molecule has 1 spiro atoms. The Hall–Kier alpha value is -1.45. The second kappa shape index (κ2) is 8.22. The molecule has 1 N–H and O–H groups in total. The summed E-state index contributed by atoms with van der Waals surface area (Å²) in [6.45, 7) is 0. The quantitative estimate of drug-likeness (QED) is 0.207. The van der Waals surface area contributed by atoms with Gasteiger partial charge >= 0.3 is 208 Å². The molecule has 5 nitrogen and oxygen atoms in total. The molecule has 2 saturated heterocycles. The van der Waals surface area contributed by atoms with Gasteiger partial charge in [0.2, 0.25) is 0 Å². The summed E-state index contributed by atoms with van der Waals surface area (Å²) in [6.07, 6.45) is -69.5.